The maximum Gasteiger partial charge on any atom is 0.165 e. The van der Waals surface area contributed by atoms with Crippen LogP contribution in [0.5, 0.6) is 0 Å². The summed E-state index contributed by atoms with van der Waals surface area (Å²) < 4.78 is 0. The van der Waals surface area contributed by atoms with Crippen molar-refractivity contribution < 1.29 is 0 Å². The van der Waals surface area contributed by atoms with Crippen LogP contribution in [0.2, 0.25) is 5.02 Å². The largest absolute Gasteiger partial charge is 0.370 e. The monoisotopic (exact) mass is 268 g/mol. The number of rotatable bonds is 5. The van der Waals surface area contributed by atoms with Gasteiger partial charge in [0.2, 0.25) is 0 Å². The summed E-state index contributed by atoms with van der Waals surface area (Å²) in [7, 11) is 0. The number of imidazole rings is 1. The van der Waals surface area contributed by atoms with Crippen LogP contribution in [-0.2, 0) is 5.75 Å². The van der Waals surface area contributed by atoms with E-state index in [1.54, 1.807) is 24.2 Å². The Balaban J connectivity index is 2.06. The van der Waals surface area contributed by atoms with Gasteiger partial charge in [-0.2, -0.15) is 0 Å². The Kier molecular flexibility index (Phi) is 4.28. The van der Waals surface area contributed by atoms with Crippen LogP contribution in [0.4, 0.5) is 5.82 Å². The molecule has 0 unspecified atom stereocenters. The van der Waals surface area contributed by atoms with Gasteiger partial charge in [0, 0.05) is 24.7 Å². The second-order valence-electron chi connectivity index (χ2n) is 3.34. The minimum atomic E-state index is 0.686. The maximum atomic E-state index is 6.10. The van der Waals surface area contributed by atoms with E-state index in [-0.39, 0.29) is 0 Å². The summed E-state index contributed by atoms with van der Waals surface area (Å²) in [5.41, 5.74) is 0.867. The van der Waals surface area contributed by atoms with Crippen LogP contribution in [0.25, 0.3) is 0 Å². The zero-order valence-electron chi connectivity index (χ0n) is 9.40. The van der Waals surface area contributed by atoms with E-state index in [9.17, 15) is 0 Å². The molecule has 0 amide bonds. The molecule has 2 N–H and O–H groups in total. The van der Waals surface area contributed by atoms with Crippen LogP contribution in [0, 0.1) is 0 Å². The molecule has 2 rings (SSSR count). The quantitative estimate of drug-likeness (QED) is 0.818. The molecule has 0 aliphatic carbocycles. The van der Waals surface area contributed by atoms with Gasteiger partial charge in [-0.3, -0.25) is 0 Å². The van der Waals surface area contributed by atoms with Crippen molar-refractivity contribution in [3.05, 3.63) is 35.2 Å². The standard InChI is InChI=1S/C11H13ClN4S/c1-2-13-10-4-3-8(12)9(16-10)7-17-11-14-5-6-15-11/h3-6H,2,7H2,1H3,(H,13,16)(H,14,15). The molecule has 0 aromatic carbocycles. The highest BCUT2D eigenvalue weighted by Gasteiger charge is 2.05. The summed E-state index contributed by atoms with van der Waals surface area (Å²) in [6, 6.07) is 3.75. The summed E-state index contributed by atoms with van der Waals surface area (Å²) in [6.07, 6.45) is 3.53. The smallest absolute Gasteiger partial charge is 0.165 e. The topological polar surface area (TPSA) is 53.6 Å². The van der Waals surface area contributed by atoms with Gasteiger partial charge in [0.15, 0.2) is 5.16 Å². The summed E-state index contributed by atoms with van der Waals surface area (Å²) in [5.74, 6) is 1.55. The van der Waals surface area contributed by atoms with E-state index in [4.69, 9.17) is 11.6 Å². The van der Waals surface area contributed by atoms with E-state index in [0.29, 0.717) is 10.8 Å². The number of halogens is 1. The summed E-state index contributed by atoms with van der Waals surface area (Å²) in [6.45, 7) is 2.88. The third kappa shape index (κ3) is 3.38. The SMILES string of the molecule is CCNc1ccc(Cl)c(CSc2ncc[nH]2)n1. The predicted octanol–water partition coefficient (Wildman–Crippen LogP) is 3.18. The Hall–Kier alpha value is -1.20. The molecule has 0 saturated heterocycles. The molecular weight excluding hydrogens is 256 g/mol. The molecule has 2 aromatic rings. The number of H-pyrrole nitrogens is 1. The lowest BCUT2D eigenvalue weighted by molar-refractivity contribution is 1.05. The lowest BCUT2D eigenvalue weighted by atomic mass is 10.3. The second kappa shape index (κ2) is 5.93. The Morgan fingerprint density at radius 3 is 3.06 bits per heavy atom. The summed E-state index contributed by atoms with van der Waals surface area (Å²) in [4.78, 5) is 11.6. The Labute approximate surface area is 109 Å². The molecule has 4 nitrogen and oxygen atoms in total. The molecule has 0 fully saturated rings. The van der Waals surface area contributed by atoms with Gasteiger partial charge in [-0.15, -0.1) is 0 Å². The number of thioether (sulfide) groups is 1. The van der Waals surface area contributed by atoms with E-state index in [0.717, 1.165) is 23.2 Å². The van der Waals surface area contributed by atoms with E-state index < -0.39 is 0 Å². The molecule has 0 radical (unpaired) electrons. The van der Waals surface area contributed by atoms with Gasteiger partial charge in [0.05, 0.1) is 10.7 Å². The minimum Gasteiger partial charge on any atom is -0.370 e. The number of aromatic nitrogens is 3. The first-order chi connectivity index (χ1) is 8.29. The van der Waals surface area contributed by atoms with Gasteiger partial charge in [0.25, 0.3) is 0 Å². The number of hydrogen-bond donors (Lipinski definition) is 2. The van der Waals surface area contributed by atoms with Crippen molar-refractivity contribution in [3.63, 3.8) is 0 Å². The zero-order chi connectivity index (χ0) is 12.1. The van der Waals surface area contributed by atoms with Crippen molar-refractivity contribution >= 4 is 29.2 Å². The van der Waals surface area contributed by atoms with Gasteiger partial charge < -0.3 is 10.3 Å². The average Bonchev–Trinajstić information content (AvgIpc) is 2.83. The van der Waals surface area contributed by atoms with E-state index >= 15 is 0 Å². The third-order valence-electron chi connectivity index (χ3n) is 2.10. The van der Waals surface area contributed by atoms with Gasteiger partial charge in [0.1, 0.15) is 5.82 Å². The van der Waals surface area contributed by atoms with Crippen LogP contribution in [0.1, 0.15) is 12.6 Å². The van der Waals surface area contributed by atoms with Crippen LogP contribution in [-0.4, -0.2) is 21.5 Å². The molecule has 2 heterocycles. The molecule has 2 aromatic heterocycles. The summed E-state index contributed by atoms with van der Waals surface area (Å²) in [5, 5.41) is 4.72. The maximum absolute atomic E-state index is 6.10. The highest BCUT2D eigenvalue weighted by Crippen LogP contribution is 2.24. The normalized spacial score (nSPS) is 10.5. The van der Waals surface area contributed by atoms with Crippen molar-refractivity contribution in [1.29, 1.82) is 0 Å². The van der Waals surface area contributed by atoms with Crippen molar-refractivity contribution in [2.24, 2.45) is 0 Å². The molecule has 17 heavy (non-hydrogen) atoms. The van der Waals surface area contributed by atoms with Gasteiger partial charge >= 0.3 is 0 Å². The number of pyridine rings is 1. The van der Waals surface area contributed by atoms with Crippen molar-refractivity contribution in [3.8, 4) is 0 Å². The Morgan fingerprint density at radius 1 is 1.47 bits per heavy atom. The Morgan fingerprint density at radius 2 is 2.35 bits per heavy atom. The molecule has 0 aliphatic rings. The fraction of sp³-hybridized carbons (Fsp3) is 0.273. The summed E-state index contributed by atoms with van der Waals surface area (Å²) >= 11 is 7.68. The lowest BCUT2D eigenvalue weighted by Crippen LogP contribution is -2.01. The lowest BCUT2D eigenvalue weighted by Gasteiger charge is -2.06. The molecule has 0 bridgehead atoms. The minimum absolute atomic E-state index is 0.686. The first kappa shape index (κ1) is 12.3. The van der Waals surface area contributed by atoms with Gasteiger partial charge in [-0.1, -0.05) is 23.4 Å². The van der Waals surface area contributed by atoms with E-state index in [2.05, 4.69) is 20.3 Å². The molecule has 0 saturated carbocycles. The molecule has 90 valence electrons. The number of anilines is 1. The van der Waals surface area contributed by atoms with Gasteiger partial charge in [-0.05, 0) is 19.1 Å². The van der Waals surface area contributed by atoms with Crippen molar-refractivity contribution in [1.82, 2.24) is 15.0 Å². The highest BCUT2D eigenvalue weighted by atomic mass is 35.5. The fourth-order valence-electron chi connectivity index (χ4n) is 1.33. The number of nitrogens with one attached hydrogen (secondary N) is 2. The third-order valence-corrected chi connectivity index (χ3v) is 3.35. The number of nitrogens with zero attached hydrogens (tertiary/aromatic N) is 2. The molecule has 0 spiro atoms. The van der Waals surface area contributed by atoms with Crippen LogP contribution < -0.4 is 5.32 Å². The number of aromatic amines is 1. The Bertz CT molecular complexity index is 472. The van der Waals surface area contributed by atoms with E-state index in [1.165, 1.54) is 0 Å². The van der Waals surface area contributed by atoms with Crippen molar-refractivity contribution in [2.45, 2.75) is 17.8 Å². The highest BCUT2D eigenvalue weighted by molar-refractivity contribution is 7.98. The van der Waals surface area contributed by atoms with Crippen LogP contribution >= 0.6 is 23.4 Å². The molecular formula is C11H13ClN4S. The number of hydrogen-bond acceptors (Lipinski definition) is 4. The molecule has 0 atom stereocenters. The van der Waals surface area contributed by atoms with Crippen LogP contribution in [0.3, 0.4) is 0 Å². The van der Waals surface area contributed by atoms with E-state index in [1.807, 2.05) is 19.1 Å². The average molecular weight is 269 g/mol. The second-order valence-corrected chi connectivity index (χ2v) is 4.71. The first-order valence-electron chi connectivity index (χ1n) is 5.31. The van der Waals surface area contributed by atoms with Gasteiger partial charge in [-0.25, -0.2) is 9.97 Å². The fourth-order valence-corrected chi connectivity index (χ4v) is 2.36. The molecule has 6 heteroatoms. The predicted molar refractivity (Wildman–Crippen MR) is 71.6 cm³/mol. The molecule has 0 aliphatic heterocycles. The van der Waals surface area contributed by atoms with Crippen LogP contribution in [0.15, 0.2) is 29.7 Å². The first-order valence-corrected chi connectivity index (χ1v) is 6.67. The zero-order valence-corrected chi connectivity index (χ0v) is 11.0. The van der Waals surface area contributed by atoms with Crippen molar-refractivity contribution in [2.75, 3.05) is 11.9 Å².